The van der Waals surface area contributed by atoms with Crippen LogP contribution in [0, 0.1) is 29.1 Å². The topological polar surface area (TPSA) is 86.7 Å². The summed E-state index contributed by atoms with van der Waals surface area (Å²) in [5.41, 5.74) is -0.294. The summed E-state index contributed by atoms with van der Waals surface area (Å²) in [6, 6.07) is 0. The van der Waals surface area contributed by atoms with Crippen LogP contribution in [0.15, 0.2) is 12.2 Å². The van der Waals surface area contributed by atoms with E-state index in [1.165, 1.54) is 0 Å². The molecule has 0 radical (unpaired) electrons. The second-order valence-corrected chi connectivity index (χ2v) is 7.09. The molecule has 0 spiro atoms. The molecule has 0 aromatic rings. The van der Waals surface area contributed by atoms with Crippen LogP contribution in [0.2, 0.25) is 0 Å². The molecule has 2 fully saturated rings. The fraction of sp³-hybridized carbons (Fsp3) is 0.647. The molecule has 0 aromatic heterocycles. The van der Waals surface area contributed by atoms with Crippen molar-refractivity contribution in [3.05, 3.63) is 12.2 Å². The third kappa shape index (κ3) is 3.51. The van der Waals surface area contributed by atoms with Gasteiger partial charge in [0.25, 0.3) is 0 Å². The number of hydrogen-bond acceptors (Lipinski definition) is 6. The van der Waals surface area contributed by atoms with E-state index in [4.69, 9.17) is 0 Å². The van der Waals surface area contributed by atoms with Gasteiger partial charge in [-0.2, -0.15) is 0 Å². The first-order valence-electron chi connectivity index (χ1n) is 7.80. The minimum Gasteiger partial charge on any atom is -0.393 e. The van der Waals surface area contributed by atoms with E-state index in [1.807, 2.05) is 27.7 Å². The molecule has 2 saturated heterocycles. The SMILES string of the molecule is CC(C)C(C)(C)C(C=CC1CC(=O)OC1=O)C1CC(=O)OC1=O. The Kier molecular flexibility index (Phi) is 4.73. The van der Waals surface area contributed by atoms with E-state index < -0.39 is 35.7 Å². The highest BCUT2D eigenvalue weighted by atomic mass is 16.6. The van der Waals surface area contributed by atoms with Gasteiger partial charge in [0.1, 0.15) is 0 Å². The standard InChI is InChI=1S/C17H22O6/c1-9(2)17(3,4)12(11-8-14(19)23-16(11)21)6-5-10-7-13(18)22-15(10)20/h5-6,9-12H,7-8H2,1-4H3. The van der Waals surface area contributed by atoms with Crippen molar-refractivity contribution in [1.29, 1.82) is 0 Å². The van der Waals surface area contributed by atoms with E-state index in [9.17, 15) is 19.2 Å². The van der Waals surface area contributed by atoms with E-state index in [0.717, 1.165) is 0 Å². The zero-order chi connectivity index (χ0) is 17.4. The van der Waals surface area contributed by atoms with Gasteiger partial charge in [-0.05, 0) is 17.3 Å². The first kappa shape index (κ1) is 17.4. The fourth-order valence-corrected chi connectivity index (χ4v) is 2.94. The molecule has 0 N–H and O–H groups in total. The molecule has 2 aliphatic heterocycles. The average molecular weight is 322 g/mol. The monoisotopic (exact) mass is 322 g/mol. The Morgan fingerprint density at radius 1 is 1.00 bits per heavy atom. The second kappa shape index (κ2) is 6.26. The average Bonchev–Trinajstić information content (AvgIpc) is 2.91. The first-order chi connectivity index (χ1) is 10.6. The molecule has 3 unspecified atom stereocenters. The fourth-order valence-electron chi connectivity index (χ4n) is 2.94. The molecule has 2 aliphatic rings. The van der Waals surface area contributed by atoms with Crippen LogP contribution in [0.3, 0.4) is 0 Å². The zero-order valence-electron chi connectivity index (χ0n) is 13.8. The molecular formula is C17H22O6. The summed E-state index contributed by atoms with van der Waals surface area (Å²) in [5, 5.41) is 0. The molecule has 126 valence electrons. The van der Waals surface area contributed by atoms with E-state index in [-0.39, 0.29) is 30.1 Å². The number of esters is 4. The van der Waals surface area contributed by atoms with Crippen LogP contribution in [0.5, 0.6) is 0 Å². The summed E-state index contributed by atoms with van der Waals surface area (Å²) in [7, 11) is 0. The largest absolute Gasteiger partial charge is 0.393 e. The first-order valence-corrected chi connectivity index (χ1v) is 7.80. The Hall–Kier alpha value is -1.98. The van der Waals surface area contributed by atoms with Gasteiger partial charge in [0.05, 0.1) is 24.7 Å². The highest BCUT2D eigenvalue weighted by Gasteiger charge is 2.46. The number of ether oxygens (including phenoxy) is 2. The number of allylic oxidation sites excluding steroid dienone is 1. The van der Waals surface area contributed by atoms with Crippen LogP contribution < -0.4 is 0 Å². The number of cyclic esters (lactones) is 4. The molecule has 6 heteroatoms. The van der Waals surface area contributed by atoms with Gasteiger partial charge in [-0.15, -0.1) is 0 Å². The van der Waals surface area contributed by atoms with Crippen LogP contribution in [-0.4, -0.2) is 23.9 Å². The van der Waals surface area contributed by atoms with Crippen LogP contribution >= 0.6 is 0 Å². The second-order valence-electron chi connectivity index (χ2n) is 7.09. The van der Waals surface area contributed by atoms with Crippen molar-refractivity contribution in [1.82, 2.24) is 0 Å². The summed E-state index contributed by atoms with van der Waals surface area (Å²) in [6.07, 6.45) is 3.45. The maximum atomic E-state index is 12.0. The van der Waals surface area contributed by atoms with Gasteiger partial charge < -0.3 is 9.47 Å². The maximum Gasteiger partial charge on any atom is 0.321 e. The summed E-state index contributed by atoms with van der Waals surface area (Å²) in [6.45, 7) is 8.11. The Balaban J connectivity index is 2.27. The van der Waals surface area contributed by atoms with Gasteiger partial charge >= 0.3 is 23.9 Å². The minimum atomic E-state index is -0.624. The van der Waals surface area contributed by atoms with Crippen LogP contribution in [-0.2, 0) is 28.7 Å². The van der Waals surface area contributed by atoms with E-state index in [0.29, 0.717) is 0 Å². The van der Waals surface area contributed by atoms with Gasteiger partial charge in [0.2, 0.25) is 0 Å². The van der Waals surface area contributed by atoms with Crippen LogP contribution in [0.1, 0.15) is 40.5 Å². The molecule has 6 nitrogen and oxygen atoms in total. The lowest BCUT2D eigenvalue weighted by molar-refractivity contribution is -0.155. The number of rotatable bonds is 5. The lowest BCUT2D eigenvalue weighted by Gasteiger charge is -2.38. The van der Waals surface area contributed by atoms with Crippen molar-refractivity contribution in [2.24, 2.45) is 29.1 Å². The Morgan fingerprint density at radius 3 is 2.00 bits per heavy atom. The predicted octanol–water partition coefficient (Wildman–Crippen LogP) is 2.02. The van der Waals surface area contributed by atoms with Gasteiger partial charge in [0, 0.05) is 0 Å². The van der Waals surface area contributed by atoms with Crippen LogP contribution in [0.25, 0.3) is 0 Å². The lowest BCUT2D eigenvalue weighted by Crippen LogP contribution is -2.35. The quantitative estimate of drug-likeness (QED) is 0.437. The lowest BCUT2D eigenvalue weighted by atomic mass is 9.65. The van der Waals surface area contributed by atoms with E-state index in [2.05, 4.69) is 9.47 Å². The molecule has 0 saturated carbocycles. The van der Waals surface area contributed by atoms with Crippen LogP contribution in [0.4, 0.5) is 0 Å². The van der Waals surface area contributed by atoms with Crippen molar-refractivity contribution < 1.29 is 28.7 Å². The molecule has 2 heterocycles. The Labute approximate surface area is 135 Å². The van der Waals surface area contributed by atoms with Crippen molar-refractivity contribution in [3.63, 3.8) is 0 Å². The molecule has 0 amide bonds. The number of hydrogen-bond donors (Lipinski definition) is 0. The molecular weight excluding hydrogens is 300 g/mol. The molecule has 0 bridgehead atoms. The third-order valence-electron chi connectivity index (χ3n) is 5.14. The molecule has 0 aliphatic carbocycles. The highest BCUT2D eigenvalue weighted by molar-refractivity contribution is 5.96. The molecule has 23 heavy (non-hydrogen) atoms. The zero-order valence-corrected chi connectivity index (χ0v) is 13.8. The summed E-state index contributed by atoms with van der Waals surface area (Å²) >= 11 is 0. The Bertz CT molecular complexity index is 572. The van der Waals surface area contributed by atoms with Gasteiger partial charge in [-0.25, -0.2) is 0 Å². The Morgan fingerprint density at radius 2 is 1.57 bits per heavy atom. The summed E-state index contributed by atoms with van der Waals surface area (Å²) in [5.74, 6) is -3.39. The van der Waals surface area contributed by atoms with E-state index in [1.54, 1.807) is 12.2 Å². The van der Waals surface area contributed by atoms with Crippen molar-refractivity contribution >= 4 is 23.9 Å². The number of carbonyl (C=O) groups excluding carboxylic acids is 4. The predicted molar refractivity (Wildman–Crippen MR) is 79.7 cm³/mol. The molecule has 3 atom stereocenters. The van der Waals surface area contributed by atoms with Crippen molar-refractivity contribution in [2.45, 2.75) is 40.5 Å². The van der Waals surface area contributed by atoms with Crippen molar-refractivity contribution in [3.8, 4) is 0 Å². The third-order valence-corrected chi connectivity index (χ3v) is 5.14. The van der Waals surface area contributed by atoms with Gasteiger partial charge in [-0.1, -0.05) is 39.8 Å². The van der Waals surface area contributed by atoms with Gasteiger partial charge in [-0.3, -0.25) is 19.2 Å². The summed E-state index contributed by atoms with van der Waals surface area (Å²) in [4.78, 5) is 46.2. The maximum absolute atomic E-state index is 12.0. The van der Waals surface area contributed by atoms with Crippen molar-refractivity contribution in [2.75, 3.05) is 0 Å². The minimum absolute atomic E-state index is 0.0121. The molecule has 2 rings (SSSR count). The summed E-state index contributed by atoms with van der Waals surface area (Å²) < 4.78 is 9.21. The van der Waals surface area contributed by atoms with E-state index >= 15 is 0 Å². The smallest absolute Gasteiger partial charge is 0.321 e. The van der Waals surface area contributed by atoms with Gasteiger partial charge in [0.15, 0.2) is 0 Å². The molecule has 0 aromatic carbocycles. The highest BCUT2D eigenvalue weighted by Crippen LogP contribution is 2.43. The normalized spacial score (nSPS) is 27.0. The number of carbonyl (C=O) groups is 4.